The second kappa shape index (κ2) is 10.4. The standard InChI is InChI=1S/C23H26F3N7O3/c1-14-5-4-8-32(18(14)13-29-22-27-11-15(12-28-22)23(24,25)26)21(34)16-9-19(35-2)20(36-3)10-17(16)33-30-6-7-31-33/h6-7,9-12,14,18H,4-5,8,13H2,1-3H3,(H,27,28,29). The Morgan fingerprint density at radius 3 is 2.36 bits per heavy atom. The number of amides is 1. The highest BCUT2D eigenvalue weighted by molar-refractivity contribution is 5.99. The molecule has 0 saturated carbocycles. The number of piperidine rings is 1. The van der Waals surface area contributed by atoms with E-state index < -0.39 is 11.7 Å². The summed E-state index contributed by atoms with van der Waals surface area (Å²) in [6.07, 6.45) is 1.66. The molecule has 0 bridgehead atoms. The highest BCUT2D eigenvalue weighted by atomic mass is 19.4. The fourth-order valence-corrected chi connectivity index (χ4v) is 4.27. The minimum atomic E-state index is -4.51. The first-order chi connectivity index (χ1) is 17.2. The number of nitrogens with one attached hydrogen (secondary N) is 1. The molecule has 1 amide bonds. The molecule has 1 N–H and O–H groups in total. The third kappa shape index (κ3) is 5.19. The molecule has 4 rings (SSSR count). The number of carbonyl (C=O) groups is 1. The SMILES string of the molecule is COc1cc(C(=O)N2CCCC(C)C2CNc2ncc(C(F)(F)F)cn2)c(-n2nccn2)cc1OC. The number of hydrogen-bond donors (Lipinski definition) is 1. The van der Waals surface area contributed by atoms with E-state index in [1.54, 1.807) is 17.0 Å². The third-order valence-electron chi connectivity index (χ3n) is 6.19. The van der Waals surface area contributed by atoms with Crippen molar-refractivity contribution < 1.29 is 27.4 Å². The Morgan fingerprint density at radius 2 is 1.75 bits per heavy atom. The highest BCUT2D eigenvalue weighted by Gasteiger charge is 2.35. The van der Waals surface area contributed by atoms with E-state index in [9.17, 15) is 18.0 Å². The fraction of sp³-hybridized carbons (Fsp3) is 0.435. The van der Waals surface area contributed by atoms with E-state index in [1.807, 2.05) is 6.92 Å². The predicted octanol–water partition coefficient (Wildman–Crippen LogP) is 3.45. The largest absolute Gasteiger partial charge is 0.493 e. The van der Waals surface area contributed by atoms with E-state index in [1.165, 1.54) is 31.4 Å². The van der Waals surface area contributed by atoms with E-state index in [0.29, 0.717) is 29.3 Å². The van der Waals surface area contributed by atoms with Gasteiger partial charge in [0.25, 0.3) is 5.91 Å². The van der Waals surface area contributed by atoms with Crippen molar-refractivity contribution in [1.29, 1.82) is 0 Å². The second-order valence-electron chi connectivity index (χ2n) is 8.40. The van der Waals surface area contributed by atoms with Crippen LogP contribution in [0.2, 0.25) is 0 Å². The van der Waals surface area contributed by atoms with Gasteiger partial charge >= 0.3 is 6.18 Å². The summed E-state index contributed by atoms with van der Waals surface area (Å²) >= 11 is 0. The maximum absolute atomic E-state index is 13.9. The molecule has 1 aromatic carbocycles. The van der Waals surface area contributed by atoms with Crippen LogP contribution in [0.5, 0.6) is 11.5 Å². The lowest BCUT2D eigenvalue weighted by atomic mass is 9.90. The molecule has 2 unspecified atom stereocenters. The monoisotopic (exact) mass is 505 g/mol. The number of rotatable bonds is 7. The van der Waals surface area contributed by atoms with Gasteiger partial charge < -0.3 is 19.7 Å². The van der Waals surface area contributed by atoms with Crippen molar-refractivity contribution in [2.45, 2.75) is 32.0 Å². The van der Waals surface area contributed by atoms with Crippen LogP contribution in [0.1, 0.15) is 35.7 Å². The molecule has 3 heterocycles. The van der Waals surface area contributed by atoms with Gasteiger partial charge in [0.1, 0.15) is 5.69 Å². The molecule has 2 aromatic heterocycles. The Bertz CT molecular complexity index is 1190. The molecule has 1 fully saturated rings. The van der Waals surface area contributed by atoms with Crippen LogP contribution in [-0.2, 0) is 6.18 Å². The average molecular weight is 506 g/mol. The summed E-state index contributed by atoms with van der Waals surface area (Å²) in [6, 6.07) is 2.98. The molecular weight excluding hydrogens is 479 g/mol. The molecule has 36 heavy (non-hydrogen) atoms. The number of nitrogens with zero attached hydrogens (tertiary/aromatic N) is 6. The molecule has 3 aromatic rings. The Kier molecular flexibility index (Phi) is 7.27. The van der Waals surface area contributed by atoms with Gasteiger partial charge in [-0.1, -0.05) is 6.92 Å². The van der Waals surface area contributed by atoms with Crippen molar-refractivity contribution in [3.8, 4) is 17.2 Å². The quantitative estimate of drug-likeness (QED) is 0.521. The summed E-state index contributed by atoms with van der Waals surface area (Å²) in [5.74, 6) is 0.729. The number of carbonyl (C=O) groups excluding carboxylic acids is 1. The number of methoxy groups -OCH3 is 2. The minimum absolute atomic E-state index is 0.0562. The van der Waals surface area contributed by atoms with Crippen molar-refractivity contribution >= 4 is 11.9 Å². The summed E-state index contributed by atoms with van der Waals surface area (Å²) in [5.41, 5.74) is -0.170. The maximum Gasteiger partial charge on any atom is 0.419 e. The summed E-state index contributed by atoms with van der Waals surface area (Å²) in [4.78, 5) is 24.5. The zero-order chi connectivity index (χ0) is 25.9. The maximum atomic E-state index is 13.9. The normalized spacial score (nSPS) is 18.1. The lowest BCUT2D eigenvalue weighted by Gasteiger charge is -2.40. The van der Waals surface area contributed by atoms with Crippen molar-refractivity contribution in [3.63, 3.8) is 0 Å². The number of hydrogen-bond acceptors (Lipinski definition) is 8. The first kappa shape index (κ1) is 25.2. The lowest BCUT2D eigenvalue weighted by molar-refractivity contribution is -0.138. The highest BCUT2D eigenvalue weighted by Crippen LogP contribution is 2.34. The lowest BCUT2D eigenvalue weighted by Crippen LogP contribution is -2.51. The zero-order valence-corrected chi connectivity index (χ0v) is 20.0. The van der Waals surface area contributed by atoms with Crippen LogP contribution in [0.15, 0.2) is 36.9 Å². The molecule has 192 valence electrons. The van der Waals surface area contributed by atoms with Gasteiger partial charge in [0.05, 0.1) is 43.8 Å². The van der Waals surface area contributed by atoms with Gasteiger partial charge in [-0.2, -0.15) is 28.2 Å². The van der Waals surface area contributed by atoms with Gasteiger partial charge in [-0.05, 0) is 24.8 Å². The number of anilines is 1. The molecule has 0 aliphatic carbocycles. The van der Waals surface area contributed by atoms with Gasteiger partial charge in [0, 0.05) is 31.5 Å². The van der Waals surface area contributed by atoms with Crippen molar-refractivity contribution in [3.05, 3.63) is 48.0 Å². The van der Waals surface area contributed by atoms with Crippen molar-refractivity contribution in [2.24, 2.45) is 5.92 Å². The zero-order valence-electron chi connectivity index (χ0n) is 20.0. The summed E-state index contributed by atoms with van der Waals surface area (Å²) < 4.78 is 49.3. The smallest absolute Gasteiger partial charge is 0.419 e. The van der Waals surface area contributed by atoms with Gasteiger partial charge in [-0.25, -0.2) is 9.97 Å². The second-order valence-corrected chi connectivity index (χ2v) is 8.40. The Balaban J connectivity index is 1.61. The fourth-order valence-electron chi connectivity index (χ4n) is 4.27. The van der Waals surface area contributed by atoms with Crippen LogP contribution in [-0.4, -0.2) is 69.1 Å². The molecular formula is C23H26F3N7O3. The average Bonchev–Trinajstić information content (AvgIpc) is 3.41. The number of aromatic nitrogens is 5. The first-order valence-electron chi connectivity index (χ1n) is 11.3. The molecule has 13 heteroatoms. The molecule has 1 aliphatic heterocycles. The molecule has 10 nitrogen and oxygen atoms in total. The summed E-state index contributed by atoms with van der Waals surface area (Å²) in [6.45, 7) is 2.80. The Morgan fingerprint density at radius 1 is 1.11 bits per heavy atom. The van der Waals surface area contributed by atoms with E-state index in [-0.39, 0.29) is 30.4 Å². The van der Waals surface area contributed by atoms with Gasteiger partial charge in [0.15, 0.2) is 11.5 Å². The number of benzene rings is 1. The number of alkyl halides is 3. The summed E-state index contributed by atoms with van der Waals surface area (Å²) in [5, 5.41) is 11.3. The molecule has 2 atom stereocenters. The molecule has 1 aliphatic rings. The van der Waals surface area contributed by atoms with Gasteiger partial charge in [-0.3, -0.25) is 4.79 Å². The third-order valence-corrected chi connectivity index (χ3v) is 6.19. The van der Waals surface area contributed by atoms with E-state index in [4.69, 9.17) is 9.47 Å². The van der Waals surface area contributed by atoms with Crippen molar-refractivity contribution in [1.82, 2.24) is 29.9 Å². The van der Waals surface area contributed by atoms with Crippen LogP contribution in [0.3, 0.4) is 0 Å². The molecule has 0 radical (unpaired) electrons. The van der Waals surface area contributed by atoms with Crippen LogP contribution >= 0.6 is 0 Å². The van der Waals surface area contributed by atoms with Gasteiger partial charge in [-0.15, -0.1) is 0 Å². The van der Waals surface area contributed by atoms with Crippen LogP contribution in [0.25, 0.3) is 5.69 Å². The molecule has 1 saturated heterocycles. The van der Waals surface area contributed by atoms with E-state index in [0.717, 1.165) is 25.2 Å². The van der Waals surface area contributed by atoms with E-state index >= 15 is 0 Å². The van der Waals surface area contributed by atoms with Crippen molar-refractivity contribution in [2.75, 3.05) is 32.6 Å². The minimum Gasteiger partial charge on any atom is -0.493 e. The Labute approximate surface area is 205 Å². The van der Waals surface area contributed by atoms with Gasteiger partial charge in [0.2, 0.25) is 5.95 Å². The Hall–Kier alpha value is -3.90. The van der Waals surface area contributed by atoms with E-state index in [2.05, 4.69) is 25.5 Å². The predicted molar refractivity (Wildman–Crippen MR) is 123 cm³/mol. The van der Waals surface area contributed by atoms with Crippen LogP contribution in [0.4, 0.5) is 19.1 Å². The topological polar surface area (TPSA) is 107 Å². The molecule has 0 spiro atoms. The van der Waals surface area contributed by atoms with Crippen LogP contribution in [0, 0.1) is 5.92 Å². The number of likely N-dealkylation sites (tertiary alicyclic amines) is 1. The van der Waals surface area contributed by atoms with Crippen LogP contribution < -0.4 is 14.8 Å². The summed E-state index contributed by atoms with van der Waals surface area (Å²) in [7, 11) is 2.98. The number of ether oxygens (including phenoxy) is 2. The number of halogens is 3. The first-order valence-corrected chi connectivity index (χ1v) is 11.3.